The van der Waals surface area contributed by atoms with Crippen molar-refractivity contribution in [3.8, 4) is 0 Å². The fraction of sp³-hybridized carbons (Fsp3) is 0.727. The maximum atomic E-state index is 12.7. The van der Waals surface area contributed by atoms with E-state index in [0.717, 1.165) is 0 Å². The highest BCUT2D eigenvalue weighted by Gasteiger charge is 2.40. The van der Waals surface area contributed by atoms with Gasteiger partial charge < -0.3 is 9.84 Å². The second kappa shape index (κ2) is 5.50. The van der Waals surface area contributed by atoms with Crippen LogP contribution in [0.15, 0.2) is 6.20 Å². The van der Waals surface area contributed by atoms with Crippen molar-refractivity contribution in [2.24, 2.45) is 0 Å². The van der Waals surface area contributed by atoms with Crippen molar-refractivity contribution in [3.63, 3.8) is 0 Å². The Balaban J connectivity index is 3.02. The van der Waals surface area contributed by atoms with E-state index >= 15 is 0 Å². The molecule has 1 aromatic heterocycles. The van der Waals surface area contributed by atoms with Gasteiger partial charge in [0.1, 0.15) is 5.60 Å². The number of aromatic amines is 1. The highest BCUT2D eigenvalue weighted by molar-refractivity contribution is 5.57. The average molecular weight is 277 g/mol. The number of rotatable bonds is 4. The molecule has 1 atom stereocenters. The van der Waals surface area contributed by atoms with Gasteiger partial charge in [0.15, 0.2) is 5.69 Å². The van der Waals surface area contributed by atoms with E-state index in [1.165, 1.54) is 13.1 Å². The smallest absolute Gasteiger partial charge is 0.430 e. The van der Waals surface area contributed by atoms with E-state index in [-0.39, 0.29) is 5.69 Å². The number of aliphatic hydroxyl groups is 1. The summed E-state index contributed by atoms with van der Waals surface area (Å²) in [4.78, 5) is 2.53. The topological polar surface area (TPSA) is 85.0 Å². The number of halogens is 2. The summed E-state index contributed by atoms with van der Waals surface area (Å²) in [5.74, 6) is 0. The van der Waals surface area contributed by atoms with Gasteiger partial charge in [-0.2, -0.15) is 20.4 Å². The van der Waals surface area contributed by atoms with Crippen molar-refractivity contribution in [1.29, 1.82) is 0 Å². The SMILES string of the molecule is CC(C)(C)OC(O)=[NH+]C(C)(CC(F)F)c1cn[nH]n1. The quantitative estimate of drug-likeness (QED) is 0.552. The predicted molar refractivity (Wildman–Crippen MR) is 63.8 cm³/mol. The van der Waals surface area contributed by atoms with Gasteiger partial charge in [0, 0.05) is 6.92 Å². The molecule has 0 saturated heterocycles. The van der Waals surface area contributed by atoms with Gasteiger partial charge in [-0.1, -0.05) is 0 Å². The highest BCUT2D eigenvalue weighted by Crippen LogP contribution is 2.20. The molecule has 8 heteroatoms. The molecule has 0 aromatic carbocycles. The standard InChI is InChI=1S/C11H18F2N4O2/c1-10(2,3)19-9(18)15-11(4,5-8(12)13)7-6-14-17-16-7/h6,8H,5H2,1-4H3,(H,15,18)(H,14,16,17)/p+1. The fourth-order valence-corrected chi connectivity index (χ4v) is 1.55. The van der Waals surface area contributed by atoms with Crippen LogP contribution < -0.4 is 4.99 Å². The zero-order chi connectivity index (χ0) is 14.7. The second-order valence-corrected chi connectivity index (χ2v) is 5.43. The number of ether oxygens (including phenoxy) is 1. The lowest BCUT2D eigenvalue weighted by Crippen LogP contribution is -2.85. The predicted octanol–water partition coefficient (Wildman–Crippen LogP) is 0.485. The molecule has 1 rings (SSSR count). The van der Waals surface area contributed by atoms with Gasteiger partial charge in [-0.15, -0.1) is 0 Å². The Bertz CT molecular complexity index is 428. The summed E-state index contributed by atoms with van der Waals surface area (Å²) in [6.45, 7) is 6.67. The normalized spacial score (nSPS) is 16.5. The summed E-state index contributed by atoms with van der Waals surface area (Å²) < 4.78 is 30.5. The number of H-pyrrole nitrogens is 1. The van der Waals surface area contributed by atoms with E-state index < -0.39 is 30.1 Å². The van der Waals surface area contributed by atoms with Gasteiger partial charge in [-0.05, 0) is 20.8 Å². The molecule has 0 spiro atoms. The molecule has 0 fully saturated rings. The molecule has 0 radical (unpaired) electrons. The van der Waals surface area contributed by atoms with Gasteiger partial charge >= 0.3 is 6.08 Å². The maximum Gasteiger partial charge on any atom is 0.546 e. The zero-order valence-electron chi connectivity index (χ0n) is 11.4. The minimum Gasteiger partial charge on any atom is -0.430 e. The van der Waals surface area contributed by atoms with Gasteiger partial charge in [0.05, 0.1) is 12.6 Å². The Hall–Kier alpha value is -1.73. The van der Waals surface area contributed by atoms with Crippen LogP contribution in [0, 0.1) is 0 Å². The van der Waals surface area contributed by atoms with Gasteiger partial charge in [-0.25, -0.2) is 8.78 Å². The van der Waals surface area contributed by atoms with Crippen LogP contribution in [0.4, 0.5) is 8.78 Å². The molecular formula is C11H19F2N4O2+. The number of alkyl halides is 2. The van der Waals surface area contributed by atoms with Crippen molar-refractivity contribution in [2.45, 2.75) is 51.7 Å². The lowest BCUT2D eigenvalue weighted by molar-refractivity contribution is -0.581. The number of hydrogen-bond acceptors (Lipinski definition) is 3. The Kier molecular flexibility index (Phi) is 4.43. The van der Waals surface area contributed by atoms with Crippen LogP contribution >= 0.6 is 0 Å². The molecule has 0 bridgehead atoms. The lowest BCUT2D eigenvalue weighted by Gasteiger charge is -2.20. The minimum atomic E-state index is -2.57. The summed E-state index contributed by atoms with van der Waals surface area (Å²) in [6.07, 6.45) is -2.33. The Morgan fingerprint density at radius 3 is 2.53 bits per heavy atom. The molecule has 0 aliphatic heterocycles. The Morgan fingerprint density at radius 1 is 1.47 bits per heavy atom. The first-order valence-corrected chi connectivity index (χ1v) is 5.80. The summed E-state index contributed by atoms with van der Waals surface area (Å²) >= 11 is 0. The summed E-state index contributed by atoms with van der Waals surface area (Å²) in [5, 5.41) is 19.4. The maximum absolute atomic E-state index is 12.7. The van der Waals surface area contributed by atoms with Crippen LogP contribution in [0.5, 0.6) is 0 Å². The van der Waals surface area contributed by atoms with Crippen molar-refractivity contribution in [1.82, 2.24) is 15.4 Å². The van der Waals surface area contributed by atoms with Crippen molar-refractivity contribution < 1.29 is 23.6 Å². The molecule has 19 heavy (non-hydrogen) atoms. The van der Waals surface area contributed by atoms with Crippen LogP contribution in [0.3, 0.4) is 0 Å². The van der Waals surface area contributed by atoms with E-state index in [0.29, 0.717) is 0 Å². The largest absolute Gasteiger partial charge is 0.546 e. The number of aliphatic hydroxyl groups excluding tert-OH is 1. The fourth-order valence-electron chi connectivity index (χ4n) is 1.55. The summed E-state index contributed by atoms with van der Waals surface area (Å²) in [6, 6.07) is 0. The molecule has 6 nitrogen and oxygen atoms in total. The number of hydrogen-bond donors (Lipinski definition) is 3. The first-order chi connectivity index (χ1) is 8.62. The lowest BCUT2D eigenvalue weighted by atomic mass is 9.95. The molecule has 1 heterocycles. The second-order valence-electron chi connectivity index (χ2n) is 5.43. The van der Waals surface area contributed by atoms with E-state index in [9.17, 15) is 13.9 Å². The molecule has 3 N–H and O–H groups in total. The van der Waals surface area contributed by atoms with Crippen LogP contribution in [0.25, 0.3) is 0 Å². The summed E-state index contributed by atoms with van der Waals surface area (Å²) in [7, 11) is 0. The number of aromatic nitrogens is 3. The molecule has 1 unspecified atom stereocenters. The third-order valence-electron chi connectivity index (χ3n) is 2.33. The van der Waals surface area contributed by atoms with E-state index in [4.69, 9.17) is 4.74 Å². The first-order valence-electron chi connectivity index (χ1n) is 5.80. The van der Waals surface area contributed by atoms with Gasteiger partial charge in [0.2, 0.25) is 12.0 Å². The van der Waals surface area contributed by atoms with Crippen molar-refractivity contribution >= 4 is 6.08 Å². The molecule has 108 valence electrons. The molecular weight excluding hydrogens is 258 g/mol. The minimum absolute atomic E-state index is 0.261. The molecule has 0 amide bonds. The van der Waals surface area contributed by atoms with E-state index in [2.05, 4.69) is 20.4 Å². The molecule has 1 aromatic rings. The van der Waals surface area contributed by atoms with Gasteiger partial charge in [-0.3, -0.25) is 0 Å². The molecule has 0 aliphatic carbocycles. The zero-order valence-corrected chi connectivity index (χ0v) is 11.4. The van der Waals surface area contributed by atoms with Crippen molar-refractivity contribution in [2.75, 3.05) is 0 Å². The van der Waals surface area contributed by atoms with E-state index in [1.54, 1.807) is 20.8 Å². The van der Waals surface area contributed by atoms with Crippen molar-refractivity contribution in [3.05, 3.63) is 11.9 Å². The average Bonchev–Trinajstić information content (AvgIpc) is 2.64. The van der Waals surface area contributed by atoms with E-state index in [1.807, 2.05) is 0 Å². The third kappa shape index (κ3) is 4.80. The van der Waals surface area contributed by atoms with Crippen LogP contribution in [0.1, 0.15) is 39.8 Å². The highest BCUT2D eigenvalue weighted by atomic mass is 19.3. The van der Waals surface area contributed by atoms with Crippen LogP contribution in [-0.4, -0.2) is 38.6 Å². The number of nitrogens with zero attached hydrogens (tertiary/aromatic N) is 2. The third-order valence-corrected chi connectivity index (χ3v) is 2.33. The Labute approximate surface area is 109 Å². The molecule has 0 saturated carbocycles. The Morgan fingerprint density at radius 2 is 2.11 bits per heavy atom. The monoisotopic (exact) mass is 277 g/mol. The summed E-state index contributed by atoms with van der Waals surface area (Å²) in [5.41, 5.74) is -1.67. The van der Waals surface area contributed by atoms with Crippen LogP contribution in [-0.2, 0) is 10.3 Å². The van der Waals surface area contributed by atoms with Crippen LogP contribution in [0.2, 0.25) is 0 Å². The molecule has 0 aliphatic rings. The van der Waals surface area contributed by atoms with Gasteiger partial charge in [0.25, 0.3) is 0 Å². The first kappa shape index (κ1) is 15.3. The number of nitrogens with one attached hydrogen (secondary N) is 2.